The Labute approximate surface area is 93.8 Å². The third-order valence-corrected chi connectivity index (χ3v) is 2.45. The Bertz CT molecular complexity index is 350. The van der Waals surface area contributed by atoms with Gasteiger partial charge in [-0.3, -0.25) is 4.79 Å². The summed E-state index contributed by atoms with van der Waals surface area (Å²) < 4.78 is 11.1. The lowest BCUT2D eigenvalue weighted by atomic mass is 10.2. The predicted octanol–water partition coefficient (Wildman–Crippen LogP) is 2.43. The summed E-state index contributed by atoms with van der Waals surface area (Å²) in [5, 5.41) is 8.48. The second-order valence-electron chi connectivity index (χ2n) is 3.75. The normalized spacial score (nSPS) is 14.0. The molecule has 0 saturated carbocycles. The average molecular weight is 222 g/mol. The smallest absolute Gasteiger partial charge is 0.303 e. The molecule has 0 saturated heterocycles. The van der Waals surface area contributed by atoms with E-state index in [1.54, 1.807) is 0 Å². The SMILES string of the molecule is O=C(O)CCCCC1Oc2ccccc2O1. The van der Waals surface area contributed by atoms with Crippen molar-refractivity contribution in [2.24, 2.45) is 0 Å². The molecule has 0 amide bonds. The highest BCUT2D eigenvalue weighted by Gasteiger charge is 2.22. The van der Waals surface area contributed by atoms with Gasteiger partial charge in [0.05, 0.1) is 0 Å². The molecule has 4 nitrogen and oxygen atoms in total. The minimum Gasteiger partial charge on any atom is -0.481 e. The van der Waals surface area contributed by atoms with E-state index in [0.717, 1.165) is 24.3 Å². The van der Waals surface area contributed by atoms with Gasteiger partial charge < -0.3 is 14.6 Å². The number of carboxylic acids is 1. The van der Waals surface area contributed by atoms with Crippen LogP contribution in [0.1, 0.15) is 25.7 Å². The molecular weight excluding hydrogens is 208 g/mol. The molecule has 86 valence electrons. The highest BCUT2D eigenvalue weighted by Crippen LogP contribution is 2.35. The van der Waals surface area contributed by atoms with E-state index >= 15 is 0 Å². The van der Waals surface area contributed by atoms with Crippen molar-refractivity contribution in [1.82, 2.24) is 0 Å². The summed E-state index contributed by atoms with van der Waals surface area (Å²) in [6.07, 6.45) is 2.13. The monoisotopic (exact) mass is 222 g/mol. The number of fused-ring (bicyclic) bond motifs is 1. The van der Waals surface area contributed by atoms with Crippen molar-refractivity contribution in [1.29, 1.82) is 0 Å². The number of carbonyl (C=O) groups is 1. The molecule has 2 rings (SSSR count). The molecule has 0 aromatic heterocycles. The first-order valence-corrected chi connectivity index (χ1v) is 5.40. The van der Waals surface area contributed by atoms with Crippen LogP contribution in [-0.4, -0.2) is 17.4 Å². The molecule has 16 heavy (non-hydrogen) atoms. The zero-order valence-corrected chi connectivity index (χ0v) is 8.89. The maximum atomic E-state index is 10.3. The van der Waals surface area contributed by atoms with Crippen LogP contribution in [0.5, 0.6) is 11.5 Å². The molecule has 0 fully saturated rings. The predicted molar refractivity (Wildman–Crippen MR) is 57.6 cm³/mol. The molecule has 0 aliphatic carbocycles. The molecule has 1 aromatic rings. The Kier molecular flexibility index (Phi) is 3.29. The zero-order chi connectivity index (χ0) is 11.4. The molecule has 0 spiro atoms. The number of hydrogen-bond donors (Lipinski definition) is 1. The van der Waals surface area contributed by atoms with E-state index in [9.17, 15) is 4.79 Å². The van der Waals surface area contributed by atoms with Crippen molar-refractivity contribution in [3.05, 3.63) is 24.3 Å². The van der Waals surface area contributed by atoms with Gasteiger partial charge in [0.15, 0.2) is 11.5 Å². The minimum absolute atomic E-state index is 0.208. The molecule has 0 unspecified atom stereocenters. The van der Waals surface area contributed by atoms with E-state index < -0.39 is 5.97 Å². The number of hydrogen-bond acceptors (Lipinski definition) is 3. The van der Waals surface area contributed by atoms with Crippen molar-refractivity contribution in [2.45, 2.75) is 32.0 Å². The second kappa shape index (κ2) is 4.88. The van der Waals surface area contributed by atoms with Gasteiger partial charge in [-0.15, -0.1) is 0 Å². The highest BCUT2D eigenvalue weighted by atomic mass is 16.7. The number of aliphatic carboxylic acids is 1. The molecule has 1 N–H and O–H groups in total. The molecule has 0 bridgehead atoms. The van der Waals surface area contributed by atoms with E-state index in [1.807, 2.05) is 24.3 Å². The summed E-state index contributed by atoms with van der Waals surface area (Å²) >= 11 is 0. The van der Waals surface area contributed by atoms with Crippen LogP contribution in [0.4, 0.5) is 0 Å². The maximum absolute atomic E-state index is 10.3. The van der Waals surface area contributed by atoms with Crippen molar-refractivity contribution >= 4 is 5.97 Å². The summed E-state index contributed by atoms with van der Waals surface area (Å²) in [5.41, 5.74) is 0. The van der Waals surface area contributed by atoms with Gasteiger partial charge >= 0.3 is 5.97 Å². The van der Waals surface area contributed by atoms with E-state index in [-0.39, 0.29) is 12.7 Å². The molecule has 0 radical (unpaired) electrons. The quantitative estimate of drug-likeness (QED) is 0.777. The Balaban J connectivity index is 1.73. The van der Waals surface area contributed by atoms with Crippen molar-refractivity contribution in [3.8, 4) is 11.5 Å². The second-order valence-corrected chi connectivity index (χ2v) is 3.75. The summed E-state index contributed by atoms with van der Waals surface area (Å²) in [6, 6.07) is 7.53. The van der Waals surface area contributed by atoms with Crippen molar-refractivity contribution in [3.63, 3.8) is 0 Å². The highest BCUT2D eigenvalue weighted by molar-refractivity contribution is 5.66. The Morgan fingerprint density at radius 3 is 2.38 bits per heavy atom. The molecule has 1 aliphatic heterocycles. The largest absolute Gasteiger partial charge is 0.481 e. The van der Waals surface area contributed by atoms with Gasteiger partial charge in [-0.05, 0) is 25.0 Å². The van der Waals surface area contributed by atoms with Crippen LogP contribution in [0.3, 0.4) is 0 Å². The van der Waals surface area contributed by atoms with Crippen LogP contribution < -0.4 is 9.47 Å². The maximum Gasteiger partial charge on any atom is 0.303 e. The number of ether oxygens (including phenoxy) is 2. The Hall–Kier alpha value is -1.71. The number of para-hydroxylation sites is 2. The molecule has 1 aromatic carbocycles. The number of unbranched alkanes of at least 4 members (excludes halogenated alkanes) is 1. The van der Waals surface area contributed by atoms with Crippen LogP contribution in [0.15, 0.2) is 24.3 Å². The Morgan fingerprint density at radius 2 is 1.81 bits per heavy atom. The van der Waals surface area contributed by atoms with Crippen LogP contribution in [0, 0.1) is 0 Å². The van der Waals surface area contributed by atoms with Gasteiger partial charge in [-0.1, -0.05) is 12.1 Å². The standard InChI is InChI=1S/C12H14O4/c13-11(14)7-3-4-8-12-15-9-5-1-2-6-10(9)16-12/h1-2,5-6,12H,3-4,7-8H2,(H,13,14). The van der Waals surface area contributed by atoms with Crippen LogP contribution in [-0.2, 0) is 4.79 Å². The molecule has 1 aliphatic rings. The third-order valence-electron chi connectivity index (χ3n) is 2.45. The number of carboxylic acid groups (broad SMARTS) is 1. The Morgan fingerprint density at radius 1 is 1.19 bits per heavy atom. The lowest BCUT2D eigenvalue weighted by Gasteiger charge is -2.08. The first-order valence-electron chi connectivity index (χ1n) is 5.40. The summed E-state index contributed by atoms with van der Waals surface area (Å²) in [4.78, 5) is 10.3. The van der Waals surface area contributed by atoms with E-state index in [4.69, 9.17) is 14.6 Å². The summed E-state index contributed by atoms with van der Waals surface area (Å²) in [6.45, 7) is 0. The first kappa shape index (κ1) is 10.8. The van der Waals surface area contributed by atoms with Gasteiger partial charge in [-0.2, -0.15) is 0 Å². The summed E-state index contributed by atoms with van der Waals surface area (Å²) in [5.74, 6) is 0.785. The van der Waals surface area contributed by atoms with Gasteiger partial charge in [0.1, 0.15) is 0 Å². The topological polar surface area (TPSA) is 55.8 Å². The van der Waals surface area contributed by atoms with E-state index in [2.05, 4.69) is 0 Å². The van der Waals surface area contributed by atoms with Crippen LogP contribution in [0.2, 0.25) is 0 Å². The number of rotatable bonds is 5. The summed E-state index contributed by atoms with van der Waals surface area (Å²) in [7, 11) is 0. The van der Waals surface area contributed by atoms with E-state index in [1.165, 1.54) is 0 Å². The van der Waals surface area contributed by atoms with Crippen LogP contribution in [0.25, 0.3) is 0 Å². The molecule has 0 atom stereocenters. The molecular formula is C12H14O4. The van der Waals surface area contributed by atoms with Crippen molar-refractivity contribution < 1.29 is 19.4 Å². The average Bonchev–Trinajstić information content (AvgIpc) is 2.66. The fourth-order valence-corrected chi connectivity index (χ4v) is 1.66. The minimum atomic E-state index is -0.753. The van der Waals surface area contributed by atoms with Crippen LogP contribution >= 0.6 is 0 Å². The first-order chi connectivity index (χ1) is 7.75. The van der Waals surface area contributed by atoms with Gasteiger partial charge in [0.25, 0.3) is 0 Å². The molecule has 1 heterocycles. The molecule has 4 heteroatoms. The lowest BCUT2D eigenvalue weighted by molar-refractivity contribution is -0.137. The lowest BCUT2D eigenvalue weighted by Crippen LogP contribution is -2.17. The number of benzene rings is 1. The fourth-order valence-electron chi connectivity index (χ4n) is 1.66. The zero-order valence-electron chi connectivity index (χ0n) is 8.89. The van der Waals surface area contributed by atoms with E-state index in [0.29, 0.717) is 6.42 Å². The van der Waals surface area contributed by atoms with Crippen molar-refractivity contribution in [2.75, 3.05) is 0 Å². The fraction of sp³-hybridized carbons (Fsp3) is 0.417. The van der Waals surface area contributed by atoms with Gasteiger partial charge in [0.2, 0.25) is 6.29 Å². The van der Waals surface area contributed by atoms with Gasteiger partial charge in [0, 0.05) is 12.8 Å². The van der Waals surface area contributed by atoms with Gasteiger partial charge in [-0.25, -0.2) is 0 Å². The third kappa shape index (κ3) is 2.66.